The average Bonchev–Trinajstić information content (AvgIpc) is 2.98. The maximum absolute atomic E-state index is 5.73. The van der Waals surface area contributed by atoms with E-state index in [9.17, 15) is 0 Å². The minimum Gasteiger partial charge on any atom is -0.457 e. The summed E-state index contributed by atoms with van der Waals surface area (Å²) in [5.74, 6) is 1.94. The van der Waals surface area contributed by atoms with Gasteiger partial charge in [-0.3, -0.25) is 0 Å². The minimum atomic E-state index is 0.356. The summed E-state index contributed by atoms with van der Waals surface area (Å²) < 4.78 is 7.41. The standard InChI is InChI=1S/C15H12ClN3O/c16-10-12-11-19(18-17-12)13-6-8-15(9-7-13)20-14-4-2-1-3-5-14/h1-9,11H,10H2. The Labute approximate surface area is 121 Å². The molecule has 4 nitrogen and oxygen atoms in total. The maximum atomic E-state index is 5.73. The van der Waals surface area contributed by atoms with E-state index in [2.05, 4.69) is 10.3 Å². The Morgan fingerprint density at radius 1 is 0.950 bits per heavy atom. The Bertz CT molecular complexity index is 680. The van der Waals surface area contributed by atoms with E-state index in [0.29, 0.717) is 5.88 Å². The number of nitrogens with zero attached hydrogens (tertiary/aromatic N) is 3. The first kappa shape index (κ1) is 12.7. The zero-order chi connectivity index (χ0) is 13.8. The third-order valence-corrected chi connectivity index (χ3v) is 3.03. The van der Waals surface area contributed by atoms with Crippen LogP contribution in [0.3, 0.4) is 0 Å². The largest absolute Gasteiger partial charge is 0.457 e. The Kier molecular flexibility index (Phi) is 3.65. The second-order valence-corrected chi connectivity index (χ2v) is 4.46. The van der Waals surface area contributed by atoms with Gasteiger partial charge in [0.15, 0.2) is 0 Å². The minimum absolute atomic E-state index is 0.356. The molecule has 1 heterocycles. The lowest BCUT2D eigenvalue weighted by Gasteiger charge is -2.06. The van der Waals surface area contributed by atoms with Crippen molar-refractivity contribution in [2.75, 3.05) is 0 Å². The quantitative estimate of drug-likeness (QED) is 0.685. The van der Waals surface area contributed by atoms with Crippen molar-refractivity contribution in [3.63, 3.8) is 0 Å². The number of rotatable bonds is 4. The Hall–Kier alpha value is -2.33. The van der Waals surface area contributed by atoms with Crippen molar-refractivity contribution in [1.29, 1.82) is 0 Å². The number of hydrogen-bond donors (Lipinski definition) is 0. The van der Waals surface area contributed by atoms with Crippen molar-refractivity contribution in [1.82, 2.24) is 15.0 Å². The Balaban J connectivity index is 1.77. The van der Waals surface area contributed by atoms with Gasteiger partial charge < -0.3 is 4.74 Å². The molecule has 1 aromatic heterocycles. The van der Waals surface area contributed by atoms with Crippen LogP contribution in [0.4, 0.5) is 0 Å². The molecule has 0 spiro atoms. The molecular weight excluding hydrogens is 274 g/mol. The van der Waals surface area contributed by atoms with Crippen molar-refractivity contribution >= 4 is 11.6 Å². The van der Waals surface area contributed by atoms with Crippen LogP contribution in [0, 0.1) is 0 Å². The van der Waals surface area contributed by atoms with Gasteiger partial charge in [0.1, 0.15) is 11.5 Å². The normalized spacial score (nSPS) is 10.4. The molecule has 0 unspecified atom stereocenters. The predicted octanol–water partition coefficient (Wildman–Crippen LogP) is 3.80. The lowest BCUT2D eigenvalue weighted by molar-refractivity contribution is 0.482. The molecule has 0 amide bonds. The van der Waals surface area contributed by atoms with Crippen LogP contribution in [-0.4, -0.2) is 15.0 Å². The van der Waals surface area contributed by atoms with Gasteiger partial charge in [0, 0.05) is 0 Å². The Morgan fingerprint density at radius 2 is 1.65 bits per heavy atom. The van der Waals surface area contributed by atoms with Gasteiger partial charge >= 0.3 is 0 Å². The number of hydrogen-bond acceptors (Lipinski definition) is 3. The molecule has 0 bridgehead atoms. The van der Waals surface area contributed by atoms with Crippen LogP contribution in [-0.2, 0) is 5.88 Å². The van der Waals surface area contributed by atoms with E-state index in [1.165, 1.54) is 0 Å². The van der Waals surface area contributed by atoms with E-state index in [-0.39, 0.29) is 0 Å². The monoisotopic (exact) mass is 285 g/mol. The highest BCUT2D eigenvalue weighted by atomic mass is 35.5. The van der Waals surface area contributed by atoms with Crippen LogP contribution in [0.15, 0.2) is 60.8 Å². The predicted molar refractivity (Wildman–Crippen MR) is 77.4 cm³/mol. The van der Waals surface area contributed by atoms with E-state index in [1.54, 1.807) is 10.9 Å². The summed E-state index contributed by atoms with van der Waals surface area (Å²) in [4.78, 5) is 0. The van der Waals surface area contributed by atoms with Gasteiger partial charge in [-0.15, -0.1) is 16.7 Å². The zero-order valence-electron chi connectivity index (χ0n) is 10.6. The summed E-state index contributed by atoms with van der Waals surface area (Å²) in [5.41, 5.74) is 1.66. The highest BCUT2D eigenvalue weighted by Gasteiger charge is 2.02. The zero-order valence-corrected chi connectivity index (χ0v) is 11.4. The summed E-state index contributed by atoms with van der Waals surface area (Å²) in [6.07, 6.45) is 1.81. The lowest BCUT2D eigenvalue weighted by Crippen LogP contribution is -1.94. The second-order valence-electron chi connectivity index (χ2n) is 4.20. The molecule has 0 aliphatic rings. The highest BCUT2D eigenvalue weighted by Crippen LogP contribution is 2.22. The first-order valence-electron chi connectivity index (χ1n) is 6.16. The first-order chi connectivity index (χ1) is 9.85. The molecule has 5 heteroatoms. The van der Waals surface area contributed by atoms with Crippen molar-refractivity contribution in [2.45, 2.75) is 5.88 Å². The summed E-state index contributed by atoms with van der Waals surface area (Å²) in [6.45, 7) is 0. The van der Waals surface area contributed by atoms with Gasteiger partial charge in [-0.05, 0) is 36.4 Å². The van der Waals surface area contributed by atoms with E-state index >= 15 is 0 Å². The molecule has 0 saturated carbocycles. The van der Waals surface area contributed by atoms with Gasteiger partial charge in [-0.25, -0.2) is 4.68 Å². The van der Waals surface area contributed by atoms with E-state index in [0.717, 1.165) is 22.9 Å². The number of aromatic nitrogens is 3. The SMILES string of the molecule is ClCc1cn(-c2ccc(Oc3ccccc3)cc2)nn1. The van der Waals surface area contributed by atoms with Crippen LogP contribution >= 0.6 is 11.6 Å². The summed E-state index contributed by atoms with van der Waals surface area (Å²) in [6, 6.07) is 17.3. The lowest BCUT2D eigenvalue weighted by atomic mass is 10.3. The van der Waals surface area contributed by atoms with Gasteiger partial charge in [0.2, 0.25) is 0 Å². The topological polar surface area (TPSA) is 39.9 Å². The Morgan fingerprint density at radius 3 is 2.30 bits per heavy atom. The molecule has 20 heavy (non-hydrogen) atoms. The molecule has 100 valence electrons. The molecule has 3 rings (SSSR count). The fourth-order valence-electron chi connectivity index (χ4n) is 1.78. The third kappa shape index (κ3) is 2.81. The molecule has 0 saturated heterocycles. The number of halogens is 1. The first-order valence-corrected chi connectivity index (χ1v) is 6.69. The van der Waals surface area contributed by atoms with E-state index in [1.807, 2.05) is 54.6 Å². The molecule has 0 radical (unpaired) electrons. The van der Waals surface area contributed by atoms with Gasteiger partial charge in [-0.2, -0.15) is 0 Å². The molecule has 0 atom stereocenters. The summed E-state index contributed by atoms with van der Waals surface area (Å²) in [7, 11) is 0. The van der Waals surface area contributed by atoms with Crippen LogP contribution in [0.2, 0.25) is 0 Å². The van der Waals surface area contributed by atoms with Crippen LogP contribution in [0.25, 0.3) is 5.69 Å². The molecule has 2 aromatic carbocycles. The molecule has 3 aromatic rings. The smallest absolute Gasteiger partial charge is 0.127 e. The summed E-state index contributed by atoms with van der Waals surface area (Å²) in [5, 5.41) is 7.96. The molecular formula is C15H12ClN3O. The average molecular weight is 286 g/mol. The van der Waals surface area contributed by atoms with Crippen molar-refractivity contribution < 1.29 is 4.74 Å². The van der Waals surface area contributed by atoms with Crippen LogP contribution in [0.1, 0.15) is 5.69 Å². The fraction of sp³-hybridized carbons (Fsp3) is 0.0667. The molecule has 0 aliphatic carbocycles. The van der Waals surface area contributed by atoms with E-state index < -0.39 is 0 Å². The van der Waals surface area contributed by atoms with Gasteiger partial charge in [0.25, 0.3) is 0 Å². The fourth-order valence-corrected chi connectivity index (χ4v) is 1.90. The van der Waals surface area contributed by atoms with Gasteiger partial charge in [0.05, 0.1) is 23.5 Å². The van der Waals surface area contributed by atoms with Crippen molar-refractivity contribution in [2.24, 2.45) is 0 Å². The second kappa shape index (κ2) is 5.75. The molecule has 0 N–H and O–H groups in total. The van der Waals surface area contributed by atoms with Crippen LogP contribution < -0.4 is 4.74 Å². The number of para-hydroxylation sites is 1. The highest BCUT2D eigenvalue weighted by molar-refractivity contribution is 6.16. The number of alkyl halides is 1. The number of benzene rings is 2. The van der Waals surface area contributed by atoms with Crippen molar-refractivity contribution in [3.8, 4) is 17.2 Å². The molecule has 0 fully saturated rings. The van der Waals surface area contributed by atoms with E-state index in [4.69, 9.17) is 16.3 Å². The summed E-state index contributed by atoms with van der Waals surface area (Å²) >= 11 is 5.71. The van der Waals surface area contributed by atoms with Crippen LogP contribution in [0.5, 0.6) is 11.5 Å². The maximum Gasteiger partial charge on any atom is 0.127 e. The third-order valence-electron chi connectivity index (χ3n) is 2.76. The van der Waals surface area contributed by atoms with Gasteiger partial charge in [-0.1, -0.05) is 23.4 Å². The number of ether oxygens (including phenoxy) is 1. The molecule has 0 aliphatic heterocycles. The van der Waals surface area contributed by atoms with Crippen molar-refractivity contribution in [3.05, 3.63) is 66.5 Å².